The highest BCUT2D eigenvalue weighted by atomic mass is 35.5. The second-order valence-corrected chi connectivity index (χ2v) is 11.8. The van der Waals surface area contributed by atoms with Crippen molar-refractivity contribution in [3.05, 3.63) is 94.5 Å². The van der Waals surface area contributed by atoms with E-state index in [4.69, 9.17) is 11.6 Å². The number of benzene rings is 3. The molecule has 0 radical (unpaired) electrons. The third kappa shape index (κ3) is 7.83. The maximum Gasteiger partial charge on any atom is 0.264 e. The molecule has 0 saturated carbocycles. The quantitative estimate of drug-likeness (QED) is 0.313. The molecule has 39 heavy (non-hydrogen) atoms. The van der Waals surface area contributed by atoms with Crippen LogP contribution in [0.4, 0.5) is 5.69 Å². The summed E-state index contributed by atoms with van der Waals surface area (Å²) in [5.41, 5.74) is 3.12. The number of amides is 2. The summed E-state index contributed by atoms with van der Waals surface area (Å²) in [5, 5.41) is 3.29. The molecule has 0 unspecified atom stereocenters. The van der Waals surface area contributed by atoms with Crippen molar-refractivity contribution in [3.63, 3.8) is 0 Å². The third-order valence-electron chi connectivity index (χ3n) is 6.38. The molecule has 1 N–H and O–H groups in total. The number of aryl methyl sites for hydroxylation is 2. The van der Waals surface area contributed by atoms with E-state index in [1.165, 1.54) is 29.2 Å². The van der Waals surface area contributed by atoms with Gasteiger partial charge in [-0.15, -0.1) is 0 Å². The van der Waals surface area contributed by atoms with Gasteiger partial charge in [-0.05, 0) is 74.2 Å². The molecule has 7 nitrogen and oxygen atoms in total. The molecule has 0 aliphatic carbocycles. The summed E-state index contributed by atoms with van der Waals surface area (Å²) in [4.78, 5) is 28.6. The summed E-state index contributed by atoms with van der Waals surface area (Å²) in [6.45, 7) is 7.81. The first kappa shape index (κ1) is 30.2. The summed E-state index contributed by atoms with van der Waals surface area (Å²) >= 11 is 6.00. The average Bonchev–Trinajstić information content (AvgIpc) is 2.91. The number of anilines is 1. The minimum atomic E-state index is -4.13. The van der Waals surface area contributed by atoms with Crippen LogP contribution in [0.25, 0.3) is 0 Å². The monoisotopic (exact) mass is 569 g/mol. The standard InChI is InChI=1S/C30H36ClN3O4S/c1-5-18-32-30(36)28(6-2)33(20-24-12-10-22(3)11-13-24)29(35)21-34(26-9-7-8-23(4)19-26)39(37,38)27-16-14-25(31)15-17-27/h7-17,19,28H,5-6,18,20-21H2,1-4H3,(H,32,36)/t28-/m1/s1. The first-order valence-corrected chi connectivity index (χ1v) is 14.9. The van der Waals surface area contributed by atoms with Gasteiger partial charge in [0.25, 0.3) is 10.0 Å². The molecule has 0 spiro atoms. The van der Waals surface area contributed by atoms with Gasteiger partial charge in [-0.2, -0.15) is 0 Å². The van der Waals surface area contributed by atoms with Crippen molar-refractivity contribution in [3.8, 4) is 0 Å². The molecule has 0 saturated heterocycles. The molecular formula is C30H36ClN3O4S. The number of rotatable bonds is 12. The number of carbonyl (C=O) groups is 2. The third-order valence-corrected chi connectivity index (χ3v) is 8.42. The van der Waals surface area contributed by atoms with Gasteiger partial charge >= 0.3 is 0 Å². The Balaban J connectivity index is 2.04. The fourth-order valence-electron chi connectivity index (χ4n) is 4.22. The van der Waals surface area contributed by atoms with E-state index in [0.717, 1.165) is 27.4 Å². The zero-order chi connectivity index (χ0) is 28.6. The Morgan fingerprint density at radius 3 is 2.18 bits per heavy atom. The predicted octanol–water partition coefficient (Wildman–Crippen LogP) is 5.49. The molecule has 3 aromatic rings. The van der Waals surface area contributed by atoms with Gasteiger partial charge in [-0.1, -0.05) is 67.4 Å². The fraction of sp³-hybridized carbons (Fsp3) is 0.333. The van der Waals surface area contributed by atoms with Crippen LogP contribution in [0.3, 0.4) is 0 Å². The smallest absolute Gasteiger partial charge is 0.264 e. The number of nitrogens with one attached hydrogen (secondary N) is 1. The fourth-order valence-corrected chi connectivity index (χ4v) is 5.75. The zero-order valence-electron chi connectivity index (χ0n) is 22.9. The van der Waals surface area contributed by atoms with Crippen LogP contribution in [0, 0.1) is 13.8 Å². The van der Waals surface area contributed by atoms with Crippen LogP contribution in [0.15, 0.2) is 77.7 Å². The van der Waals surface area contributed by atoms with Crippen molar-refractivity contribution in [2.24, 2.45) is 0 Å². The maximum atomic E-state index is 14.0. The second kappa shape index (κ2) is 13.6. The van der Waals surface area contributed by atoms with Crippen LogP contribution in [-0.4, -0.2) is 44.3 Å². The Bertz CT molecular complexity index is 1380. The number of hydrogen-bond acceptors (Lipinski definition) is 4. The van der Waals surface area contributed by atoms with E-state index in [9.17, 15) is 18.0 Å². The van der Waals surface area contributed by atoms with Gasteiger partial charge in [-0.3, -0.25) is 13.9 Å². The highest BCUT2D eigenvalue weighted by molar-refractivity contribution is 7.92. The van der Waals surface area contributed by atoms with Gasteiger partial charge < -0.3 is 10.2 Å². The minimum absolute atomic E-state index is 0.0130. The van der Waals surface area contributed by atoms with Crippen molar-refractivity contribution in [1.29, 1.82) is 0 Å². The summed E-state index contributed by atoms with van der Waals surface area (Å²) < 4.78 is 28.8. The molecular weight excluding hydrogens is 534 g/mol. The molecule has 2 amide bonds. The van der Waals surface area contributed by atoms with Gasteiger partial charge in [0.15, 0.2) is 0 Å². The molecule has 3 rings (SSSR count). The molecule has 3 aromatic carbocycles. The lowest BCUT2D eigenvalue weighted by Gasteiger charge is -2.33. The Labute approximate surface area is 236 Å². The van der Waals surface area contributed by atoms with E-state index >= 15 is 0 Å². The Hall–Kier alpha value is -3.36. The van der Waals surface area contributed by atoms with E-state index in [2.05, 4.69) is 5.32 Å². The Morgan fingerprint density at radius 2 is 1.59 bits per heavy atom. The van der Waals surface area contributed by atoms with E-state index in [1.54, 1.807) is 18.2 Å². The van der Waals surface area contributed by atoms with E-state index in [0.29, 0.717) is 23.7 Å². The van der Waals surface area contributed by atoms with E-state index < -0.39 is 28.5 Å². The predicted molar refractivity (Wildman–Crippen MR) is 156 cm³/mol. The van der Waals surface area contributed by atoms with Gasteiger partial charge in [0, 0.05) is 18.1 Å². The summed E-state index contributed by atoms with van der Waals surface area (Å²) in [6.07, 6.45) is 1.14. The topological polar surface area (TPSA) is 86.8 Å². The molecule has 208 valence electrons. The number of sulfonamides is 1. The van der Waals surface area contributed by atoms with Gasteiger partial charge in [-0.25, -0.2) is 8.42 Å². The van der Waals surface area contributed by atoms with Gasteiger partial charge in [0.1, 0.15) is 12.6 Å². The lowest BCUT2D eigenvalue weighted by atomic mass is 10.1. The highest BCUT2D eigenvalue weighted by Gasteiger charge is 2.33. The molecule has 0 aliphatic heterocycles. The van der Waals surface area contributed by atoms with Crippen LogP contribution >= 0.6 is 11.6 Å². The number of hydrogen-bond donors (Lipinski definition) is 1. The van der Waals surface area contributed by atoms with Crippen molar-refractivity contribution in [2.75, 3.05) is 17.4 Å². The van der Waals surface area contributed by atoms with E-state index in [1.807, 2.05) is 58.0 Å². The molecule has 1 atom stereocenters. The molecule has 0 bridgehead atoms. The molecule has 0 aromatic heterocycles. The number of carbonyl (C=O) groups excluding carboxylic acids is 2. The molecule has 9 heteroatoms. The van der Waals surface area contributed by atoms with Crippen molar-refractivity contribution >= 4 is 39.1 Å². The minimum Gasteiger partial charge on any atom is -0.354 e. The second-order valence-electron chi connectivity index (χ2n) is 9.53. The van der Waals surface area contributed by atoms with E-state index in [-0.39, 0.29) is 17.3 Å². The van der Waals surface area contributed by atoms with Crippen molar-refractivity contribution in [1.82, 2.24) is 10.2 Å². The van der Waals surface area contributed by atoms with Crippen molar-refractivity contribution < 1.29 is 18.0 Å². The largest absolute Gasteiger partial charge is 0.354 e. The van der Waals surface area contributed by atoms with Gasteiger partial charge in [0.2, 0.25) is 11.8 Å². The first-order chi connectivity index (χ1) is 18.6. The lowest BCUT2D eigenvalue weighted by Crippen LogP contribution is -2.52. The first-order valence-electron chi connectivity index (χ1n) is 13.0. The molecule has 0 heterocycles. The lowest BCUT2D eigenvalue weighted by molar-refractivity contribution is -0.140. The normalized spacial score (nSPS) is 12.0. The molecule has 0 fully saturated rings. The number of nitrogens with zero attached hydrogens (tertiary/aromatic N) is 2. The summed E-state index contributed by atoms with van der Waals surface area (Å²) in [6, 6.07) is 19.8. The number of halogens is 1. The maximum absolute atomic E-state index is 14.0. The Kier molecular flexibility index (Phi) is 10.5. The summed E-state index contributed by atoms with van der Waals surface area (Å²) in [7, 11) is -4.13. The zero-order valence-corrected chi connectivity index (χ0v) is 24.4. The van der Waals surface area contributed by atoms with Crippen LogP contribution in [-0.2, 0) is 26.2 Å². The SMILES string of the molecule is CCCNC(=O)[C@@H](CC)N(Cc1ccc(C)cc1)C(=O)CN(c1cccc(C)c1)S(=O)(=O)c1ccc(Cl)cc1. The van der Waals surface area contributed by atoms with Crippen LogP contribution in [0.5, 0.6) is 0 Å². The Morgan fingerprint density at radius 1 is 0.923 bits per heavy atom. The van der Waals surface area contributed by atoms with Crippen LogP contribution in [0.2, 0.25) is 5.02 Å². The highest BCUT2D eigenvalue weighted by Crippen LogP contribution is 2.26. The van der Waals surface area contributed by atoms with Crippen LogP contribution < -0.4 is 9.62 Å². The van der Waals surface area contributed by atoms with Gasteiger partial charge in [0.05, 0.1) is 10.6 Å². The van der Waals surface area contributed by atoms with Crippen LogP contribution in [0.1, 0.15) is 43.4 Å². The summed E-state index contributed by atoms with van der Waals surface area (Å²) in [5.74, 6) is -0.740. The average molecular weight is 570 g/mol. The van der Waals surface area contributed by atoms with Crippen molar-refractivity contribution in [2.45, 2.75) is 58.0 Å². The molecule has 0 aliphatic rings.